The number of hydrogen-bond donors (Lipinski definition) is 1. The van der Waals surface area contributed by atoms with Crippen molar-refractivity contribution in [3.63, 3.8) is 0 Å². The summed E-state index contributed by atoms with van der Waals surface area (Å²) in [7, 11) is 0. The molecule has 0 aromatic heterocycles. The van der Waals surface area contributed by atoms with Gasteiger partial charge in [0.1, 0.15) is 6.61 Å². The standard InChI is InChI=1S/C16H23NO2/c1-12(10-17-14-9-16(14,2)3)15(18)19-11-13-7-5-4-6-8-13/h4-8,12,14,17H,9-11H2,1-3H3. The van der Waals surface area contributed by atoms with Gasteiger partial charge in [-0.2, -0.15) is 0 Å². The van der Waals surface area contributed by atoms with Crippen molar-refractivity contribution < 1.29 is 9.53 Å². The van der Waals surface area contributed by atoms with Crippen LogP contribution in [0.3, 0.4) is 0 Å². The van der Waals surface area contributed by atoms with Crippen LogP contribution in [-0.2, 0) is 16.1 Å². The molecule has 0 radical (unpaired) electrons. The molecular weight excluding hydrogens is 238 g/mol. The molecule has 1 N–H and O–H groups in total. The third-order valence-electron chi connectivity index (χ3n) is 3.81. The summed E-state index contributed by atoms with van der Waals surface area (Å²) in [5, 5.41) is 3.42. The molecule has 2 rings (SSSR count). The monoisotopic (exact) mass is 261 g/mol. The first-order chi connectivity index (χ1) is 8.99. The predicted octanol–water partition coefficient (Wildman–Crippen LogP) is 2.75. The minimum Gasteiger partial charge on any atom is -0.461 e. The molecule has 1 saturated carbocycles. The van der Waals surface area contributed by atoms with Crippen LogP contribution in [0.4, 0.5) is 0 Å². The first-order valence-corrected chi connectivity index (χ1v) is 6.93. The molecule has 1 aromatic rings. The molecule has 2 atom stereocenters. The van der Waals surface area contributed by atoms with E-state index in [0.717, 1.165) is 5.56 Å². The lowest BCUT2D eigenvalue weighted by Crippen LogP contribution is -2.30. The highest BCUT2D eigenvalue weighted by molar-refractivity contribution is 5.72. The Hall–Kier alpha value is -1.35. The van der Waals surface area contributed by atoms with E-state index in [1.807, 2.05) is 37.3 Å². The average Bonchev–Trinajstić information content (AvgIpc) is 3.02. The summed E-state index contributed by atoms with van der Waals surface area (Å²) >= 11 is 0. The van der Waals surface area contributed by atoms with Gasteiger partial charge in [-0.05, 0) is 17.4 Å². The Morgan fingerprint density at radius 3 is 2.63 bits per heavy atom. The van der Waals surface area contributed by atoms with Gasteiger partial charge in [0.05, 0.1) is 5.92 Å². The van der Waals surface area contributed by atoms with E-state index in [1.54, 1.807) is 0 Å². The fraction of sp³-hybridized carbons (Fsp3) is 0.562. The molecule has 0 bridgehead atoms. The maximum Gasteiger partial charge on any atom is 0.310 e. The Kier molecular flexibility index (Phi) is 4.25. The first kappa shape index (κ1) is 14.1. The first-order valence-electron chi connectivity index (χ1n) is 6.93. The Balaban J connectivity index is 1.68. The van der Waals surface area contributed by atoms with Crippen molar-refractivity contribution in [2.75, 3.05) is 6.54 Å². The molecule has 1 aliphatic carbocycles. The van der Waals surface area contributed by atoms with E-state index in [2.05, 4.69) is 19.2 Å². The average molecular weight is 261 g/mol. The predicted molar refractivity (Wildman–Crippen MR) is 75.6 cm³/mol. The SMILES string of the molecule is CC(CNC1CC1(C)C)C(=O)OCc1ccccc1. The Labute approximate surface area is 115 Å². The van der Waals surface area contributed by atoms with Crippen molar-refractivity contribution in [2.24, 2.45) is 11.3 Å². The molecule has 1 fully saturated rings. The van der Waals surface area contributed by atoms with Crippen LogP contribution in [0, 0.1) is 11.3 Å². The highest BCUT2D eigenvalue weighted by atomic mass is 16.5. The summed E-state index contributed by atoms with van der Waals surface area (Å²) in [5.41, 5.74) is 1.42. The lowest BCUT2D eigenvalue weighted by atomic mass is 10.1. The third kappa shape index (κ3) is 4.06. The fourth-order valence-corrected chi connectivity index (χ4v) is 2.09. The zero-order valence-electron chi connectivity index (χ0n) is 12.0. The minimum absolute atomic E-state index is 0.0971. The van der Waals surface area contributed by atoms with Gasteiger partial charge >= 0.3 is 5.97 Å². The molecule has 0 heterocycles. The van der Waals surface area contributed by atoms with Gasteiger partial charge < -0.3 is 10.1 Å². The van der Waals surface area contributed by atoms with Crippen molar-refractivity contribution in [3.05, 3.63) is 35.9 Å². The molecule has 0 aliphatic heterocycles. The van der Waals surface area contributed by atoms with Gasteiger partial charge in [-0.3, -0.25) is 4.79 Å². The van der Waals surface area contributed by atoms with Gasteiger partial charge in [-0.1, -0.05) is 51.1 Å². The maximum atomic E-state index is 11.8. The van der Waals surface area contributed by atoms with E-state index in [9.17, 15) is 4.79 Å². The lowest BCUT2D eigenvalue weighted by Gasteiger charge is -2.13. The molecule has 19 heavy (non-hydrogen) atoms. The summed E-state index contributed by atoms with van der Waals surface area (Å²) in [6.45, 7) is 7.45. The Morgan fingerprint density at radius 1 is 1.42 bits per heavy atom. The lowest BCUT2D eigenvalue weighted by molar-refractivity contribution is -0.149. The van der Waals surface area contributed by atoms with E-state index >= 15 is 0 Å². The zero-order chi connectivity index (χ0) is 13.9. The number of carbonyl (C=O) groups excluding carboxylic acids is 1. The maximum absolute atomic E-state index is 11.8. The van der Waals surface area contributed by atoms with Crippen molar-refractivity contribution in [2.45, 2.75) is 39.8 Å². The molecular formula is C16H23NO2. The van der Waals surface area contributed by atoms with Crippen LogP contribution in [0.15, 0.2) is 30.3 Å². The molecule has 0 spiro atoms. The van der Waals surface area contributed by atoms with Crippen LogP contribution < -0.4 is 5.32 Å². The molecule has 104 valence electrons. The number of rotatable bonds is 6. The summed E-state index contributed by atoms with van der Waals surface area (Å²) in [6.07, 6.45) is 1.19. The van der Waals surface area contributed by atoms with Crippen LogP contribution >= 0.6 is 0 Å². The molecule has 3 heteroatoms. The molecule has 0 saturated heterocycles. The molecule has 1 aromatic carbocycles. The van der Waals surface area contributed by atoms with Crippen LogP contribution in [0.25, 0.3) is 0 Å². The number of esters is 1. The summed E-state index contributed by atoms with van der Waals surface area (Å²) in [4.78, 5) is 11.8. The summed E-state index contributed by atoms with van der Waals surface area (Å²) in [5.74, 6) is -0.227. The Bertz CT molecular complexity index is 428. The Morgan fingerprint density at radius 2 is 2.05 bits per heavy atom. The molecule has 3 nitrogen and oxygen atoms in total. The smallest absolute Gasteiger partial charge is 0.310 e. The number of ether oxygens (including phenoxy) is 1. The van der Waals surface area contributed by atoms with Gasteiger partial charge in [0.25, 0.3) is 0 Å². The van der Waals surface area contributed by atoms with Crippen molar-refractivity contribution >= 4 is 5.97 Å². The highest BCUT2D eigenvalue weighted by Gasteiger charge is 2.45. The van der Waals surface area contributed by atoms with E-state index in [4.69, 9.17) is 4.74 Å². The van der Waals surface area contributed by atoms with Gasteiger partial charge in [0.15, 0.2) is 0 Å². The van der Waals surface area contributed by atoms with E-state index in [0.29, 0.717) is 24.6 Å². The van der Waals surface area contributed by atoms with Gasteiger partial charge in [-0.15, -0.1) is 0 Å². The number of nitrogens with one attached hydrogen (secondary N) is 1. The van der Waals surface area contributed by atoms with E-state index < -0.39 is 0 Å². The van der Waals surface area contributed by atoms with Crippen LogP contribution in [0.1, 0.15) is 32.8 Å². The minimum atomic E-state index is -0.130. The van der Waals surface area contributed by atoms with Crippen molar-refractivity contribution in [1.82, 2.24) is 5.32 Å². The third-order valence-corrected chi connectivity index (χ3v) is 3.81. The second-order valence-corrected chi connectivity index (χ2v) is 6.15. The van der Waals surface area contributed by atoms with Crippen LogP contribution in [-0.4, -0.2) is 18.6 Å². The number of benzene rings is 1. The fourth-order valence-electron chi connectivity index (χ4n) is 2.09. The van der Waals surface area contributed by atoms with E-state index in [1.165, 1.54) is 6.42 Å². The van der Waals surface area contributed by atoms with Gasteiger partial charge in [-0.25, -0.2) is 0 Å². The molecule has 1 aliphatic rings. The van der Waals surface area contributed by atoms with Gasteiger partial charge in [0.2, 0.25) is 0 Å². The second-order valence-electron chi connectivity index (χ2n) is 6.15. The summed E-state index contributed by atoms with van der Waals surface area (Å²) < 4.78 is 5.32. The number of hydrogen-bond acceptors (Lipinski definition) is 3. The normalized spacial score (nSPS) is 21.7. The van der Waals surface area contributed by atoms with Crippen LogP contribution in [0.5, 0.6) is 0 Å². The molecule has 0 amide bonds. The van der Waals surface area contributed by atoms with Gasteiger partial charge in [0, 0.05) is 12.6 Å². The zero-order valence-corrected chi connectivity index (χ0v) is 12.0. The quantitative estimate of drug-likeness (QED) is 0.800. The number of carbonyl (C=O) groups is 1. The highest BCUT2D eigenvalue weighted by Crippen LogP contribution is 2.44. The topological polar surface area (TPSA) is 38.3 Å². The van der Waals surface area contributed by atoms with Crippen molar-refractivity contribution in [1.29, 1.82) is 0 Å². The molecule has 2 unspecified atom stereocenters. The summed E-state index contributed by atoms with van der Waals surface area (Å²) in [6, 6.07) is 10.3. The van der Waals surface area contributed by atoms with E-state index in [-0.39, 0.29) is 11.9 Å². The van der Waals surface area contributed by atoms with Crippen molar-refractivity contribution in [3.8, 4) is 0 Å². The largest absolute Gasteiger partial charge is 0.461 e. The van der Waals surface area contributed by atoms with Crippen LogP contribution in [0.2, 0.25) is 0 Å². The second kappa shape index (κ2) is 5.74.